The minimum Gasteiger partial charge on any atom is -0.333 e. The van der Waals surface area contributed by atoms with E-state index in [9.17, 15) is 4.79 Å². The first kappa shape index (κ1) is 19.3. The van der Waals surface area contributed by atoms with Gasteiger partial charge in [0.25, 0.3) is 5.56 Å². The maximum Gasteiger partial charge on any atom is 0.282 e. The number of rotatable bonds is 4. The highest BCUT2D eigenvalue weighted by atomic mass is 16.1. The van der Waals surface area contributed by atoms with Crippen molar-refractivity contribution in [3.63, 3.8) is 0 Å². The summed E-state index contributed by atoms with van der Waals surface area (Å²) < 4.78 is 3.40. The molecule has 0 atom stereocenters. The lowest BCUT2D eigenvalue weighted by Gasteiger charge is -2.22. The van der Waals surface area contributed by atoms with E-state index in [4.69, 9.17) is 10.2 Å². The summed E-state index contributed by atoms with van der Waals surface area (Å²) in [6.45, 7) is 0.263. The van der Waals surface area contributed by atoms with Gasteiger partial charge in [-0.15, -0.1) is 0 Å². The molecule has 2 aromatic heterocycles. The Labute approximate surface area is 180 Å². The van der Waals surface area contributed by atoms with Gasteiger partial charge in [0.2, 0.25) is 0 Å². The lowest BCUT2D eigenvalue weighted by molar-refractivity contribution is 0.416. The second kappa shape index (κ2) is 8.19. The van der Waals surface area contributed by atoms with Crippen LogP contribution in [0, 0.1) is 11.3 Å². The molecule has 0 radical (unpaired) electrons. The molecule has 2 aromatic carbocycles. The molecule has 0 aliphatic heterocycles. The van der Waals surface area contributed by atoms with Gasteiger partial charge in [0.05, 0.1) is 23.2 Å². The van der Waals surface area contributed by atoms with Crippen LogP contribution >= 0.6 is 0 Å². The van der Waals surface area contributed by atoms with Crippen LogP contribution in [0.1, 0.15) is 49.4 Å². The molecule has 6 heteroatoms. The first-order valence-electron chi connectivity index (χ1n) is 10.8. The molecule has 5 rings (SSSR count). The van der Waals surface area contributed by atoms with Crippen LogP contribution in [0.5, 0.6) is 0 Å². The van der Waals surface area contributed by atoms with Gasteiger partial charge in [0, 0.05) is 28.6 Å². The number of hydrogen-bond acceptors (Lipinski definition) is 4. The Bertz CT molecular complexity index is 1380. The van der Waals surface area contributed by atoms with Crippen LogP contribution in [-0.4, -0.2) is 20.4 Å². The van der Waals surface area contributed by atoms with Gasteiger partial charge in [0.1, 0.15) is 12.4 Å². The molecule has 31 heavy (non-hydrogen) atoms. The van der Waals surface area contributed by atoms with Gasteiger partial charge in [-0.05, 0) is 31.0 Å². The molecule has 0 bridgehead atoms. The molecule has 0 spiro atoms. The molecular weight excluding hydrogens is 386 g/mol. The van der Waals surface area contributed by atoms with Crippen LogP contribution in [0.2, 0.25) is 0 Å². The van der Waals surface area contributed by atoms with E-state index >= 15 is 0 Å². The van der Waals surface area contributed by atoms with Crippen LogP contribution in [0.15, 0.2) is 64.6 Å². The fourth-order valence-corrected chi connectivity index (χ4v) is 4.58. The molecule has 4 aromatic rings. The van der Waals surface area contributed by atoms with Crippen LogP contribution in [0.4, 0.5) is 0 Å². The molecule has 1 aliphatic rings. The fourth-order valence-electron chi connectivity index (χ4n) is 4.58. The summed E-state index contributed by atoms with van der Waals surface area (Å²) in [5.74, 6) is 0.989. The minimum atomic E-state index is -0.136. The molecule has 0 N–H and O–H groups in total. The third kappa shape index (κ3) is 3.53. The number of hydrogen-bond donors (Lipinski definition) is 0. The SMILES string of the molecule is N#CCn1cc(C=Nn2c(C3CCCCC3)nc3ccccc3c2=O)c2ccccc21. The largest absolute Gasteiger partial charge is 0.333 e. The summed E-state index contributed by atoms with van der Waals surface area (Å²) in [5.41, 5.74) is 2.44. The third-order valence-corrected chi connectivity index (χ3v) is 6.12. The number of benzene rings is 2. The van der Waals surface area contributed by atoms with E-state index in [1.807, 2.05) is 53.2 Å². The normalized spacial score (nSPS) is 15.1. The van der Waals surface area contributed by atoms with Crippen molar-refractivity contribution >= 4 is 28.0 Å². The zero-order valence-electron chi connectivity index (χ0n) is 17.2. The zero-order valence-corrected chi connectivity index (χ0v) is 17.2. The van der Waals surface area contributed by atoms with Crippen molar-refractivity contribution in [1.82, 2.24) is 14.2 Å². The number of fused-ring (bicyclic) bond motifs is 2. The lowest BCUT2D eigenvalue weighted by Crippen LogP contribution is -2.25. The summed E-state index contributed by atoms with van der Waals surface area (Å²) in [7, 11) is 0. The van der Waals surface area contributed by atoms with E-state index in [0.29, 0.717) is 5.39 Å². The van der Waals surface area contributed by atoms with Crippen LogP contribution in [0.3, 0.4) is 0 Å². The van der Waals surface area contributed by atoms with Crippen LogP contribution < -0.4 is 5.56 Å². The number of para-hydroxylation sites is 2. The van der Waals surface area contributed by atoms with Gasteiger partial charge < -0.3 is 4.57 Å². The second-order valence-electron chi connectivity index (χ2n) is 8.07. The van der Waals surface area contributed by atoms with E-state index in [-0.39, 0.29) is 18.0 Å². The van der Waals surface area contributed by atoms with Crippen molar-refractivity contribution in [2.24, 2.45) is 5.10 Å². The first-order valence-corrected chi connectivity index (χ1v) is 10.8. The number of nitrogens with zero attached hydrogens (tertiary/aromatic N) is 5. The quantitative estimate of drug-likeness (QED) is 0.454. The van der Waals surface area contributed by atoms with E-state index in [2.05, 4.69) is 11.2 Å². The maximum absolute atomic E-state index is 13.3. The predicted molar refractivity (Wildman–Crippen MR) is 122 cm³/mol. The third-order valence-electron chi connectivity index (χ3n) is 6.12. The van der Waals surface area contributed by atoms with E-state index in [1.165, 1.54) is 11.1 Å². The van der Waals surface area contributed by atoms with Crippen molar-refractivity contribution in [2.75, 3.05) is 0 Å². The molecule has 1 saturated carbocycles. The summed E-state index contributed by atoms with van der Waals surface area (Å²) in [6.07, 6.45) is 9.23. The second-order valence-corrected chi connectivity index (χ2v) is 8.07. The molecule has 1 fully saturated rings. The van der Waals surface area contributed by atoms with Gasteiger partial charge >= 0.3 is 0 Å². The van der Waals surface area contributed by atoms with E-state index in [1.54, 1.807) is 12.3 Å². The minimum absolute atomic E-state index is 0.136. The Hall–Kier alpha value is -3.72. The Morgan fingerprint density at radius 3 is 2.61 bits per heavy atom. The Balaban J connectivity index is 1.66. The van der Waals surface area contributed by atoms with E-state index < -0.39 is 0 Å². The molecule has 1 aliphatic carbocycles. The van der Waals surface area contributed by atoms with Crippen molar-refractivity contribution in [1.29, 1.82) is 5.26 Å². The highest BCUT2D eigenvalue weighted by molar-refractivity contribution is 5.99. The Morgan fingerprint density at radius 2 is 1.81 bits per heavy atom. The lowest BCUT2D eigenvalue weighted by atomic mass is 9.88. The number of nitriles is 1. The molecule has 0 unspecified atom stereocenters. The molecular formula is C25H23N5O. The van der Waals surface area contributed by atoms with Gasteiger partial charge in [-0.1, -0.05) is 49.6 Å². The van der Waals surface area contributed by atoms with Gasteiger partial charge in [-0.3, -0.25) is 4.79 Å². The highest BCUT2D eigenvalue weighted by Crippen LogP contribution is 2.31. The topological polar surface area (TPSA) is 76.0 Å². The van der Waals surface area contributed by atoms with Gasteiger partial charge in [0.15, 0.2) is 0 Å². The van der Waals surface area contributed by atoms with Crippen molar-refractivity contribution in [3.05, 3.63) is 76.5 Å². The molecule has 154 valence electrons. The molecule has 0 amide bonds. The van der Waals surface area contributed by atoms with Gasteiger partial charge in [-0.25, -0.2) is 4.98 Å². The van der Waals surface area contributed by atoms with Crippen molar-refractivity contribution in [3.8, 4) is 6.07 Å². The smallest absolute Gasteiger partial charge is 0.282 e. The maximum atomic E-state index is 13.3. The zero-order chi connectivity index (χ0) is 21.2. The predicted octanol–water partition coefficient (Wildman–Crippen LogP) is 4.80. The molecule has 6 nitrogen and oxygen atoms in total. The monoisotopic (exact) mass is 409 g/mol. The Kier molecular flexibility index (Phi) is 5.09. The van der Waals surface area contributed by atoms with E-state index in [0.717, 1.165) is 53.5 Å². The highest BCUT2D eigenvalue weighted by Gasteiger charge is 2.22. The fraction of sp³-hybridized carbons (Fsp3) is 0.280. The summed E-state index contributed by atoms with van der Waals surface area (Å²) >= 11 is 0. The molecule has 2 heterocycles. The summed E-state index contributed by atoms with van der Waals surface area (Å²) in [4.78, 5) is 18.2. The van der Waals surface area contributed by atoms with Crippen LogP contribution in [0.25, 0.3) is 21.8 Å². The number of aromatic nitrogens is 3. The Morgan fingerprint density at radius 1 is 1.06 bits per heavy atom. The average Bonchev–Trinajstić information content (AvgIpc) is 3.17. The summed E-state index contributed by atoms with van der Waals surface area (Å²) in [6, 6.07) is 17.6. The van der Waals surface area contributed by atoms with Gasteiger partial charge in [-0.2, -0.15) is 15.0 Å². The van der Waals surface area contributed by atoms with Crippen LogP contribution in [-0.2, 0) is 6.54 Å². The standard InChI is InChI=1S/C25H23N5O/c26-14-15-29-17-19(20-10-5-7-13-23(20)29)16-27-30-24(18-8-2-1-3-9-18)28-22-12-6-4-11-21(22)25(30)31/h4-7,10-13,16-18H,1-3,8-9,15H2. The summed E-state index contributed by atoms with van der Waals surface area (Å²) in [5, 5.41) is 15.4. The van der Waals surface area contributed by atoms with Crippen molar-refractivity contribution in [2.45, 2.75) is 44.6 Å². The molecule has 0 saturated heterocycles. The average molecular weight is 409 g/mol. The van der Waals surface area contributed by atoms with Crippen molar-refractivity contribution < 1.29 is 0 Å². The first-order chi connectivity index (χ1) is 15.3.